The first-order valence-electron chi connectivity index (χ1n) is 10.7. The number of ether oxygens (including phenoxy) is 1. The zero-order chi connectivity index (χ0) is 18.4. The van der Waals surface area contributed by atoms with Gasteiger partial charge < -0.3 is 14.2 Å². The predicted molar refractivity (Wildman–Crippen MR) is 98.9 cm³/mol. The molecular weight excluding hydrogens is 342 g/mol. The van der Waals surface area contributed by atoms with Gasteiger partial charge in [-0.25, -0.2) is 4.98 Å². The van der Waals surface area contributed by atoms with Gasteiger partial charge in [0.1, 0.15) is 11.4 Å². The van der Waals surface area contributed by atoms with E-state index in [1.807, 2.05) is 11.1 Å². The lowest BCUT2D eigenvalue weighted by molar-refractivity contribution is -0.152. The summed E-state index contributed by atoms with van der Waals surface area (Å²) in [6.07, 6.45) is 12.7. The molecule has 0 N–H and O–H groups in total. The van der Waals surface area contributed by atoms with E-state index in [2.05, 4.69) is 15.7 Å². The van der Waals surface area contributed by atoms with Crippen molar-refractivity contribution in [3.8, 4) is 0 Å². The maximum atomic E-state index is 13.2. The smallest absolute Gasteiger partial charge is 0.307 e. The lowest BCUT2D eigenvalue weighted by Crippen LogP contribution is -2.47. The van der Waals surface area contributed by atoms with Crippen LogP contribution in [0, 0.1) is 11.8 Å². The maximum Gasteiger partial charge on any atom is 0.307 e. The van der Waals surface area contributed by atoms with Crippen molar-refractivity contribution in [3.63, 3.8) is 0 Å². The summed E-state index contributed by atoms with van der Waals surface area (Å²) < 4.78 is 8.00. The van der Waals surface area contributed by atoms with Crippen LogP contribution in [-0.2, 0) is 20.9 Å². The van der Waals surface area contributed by atoms with Gasteiger partial charge in [0, 0.05) is 37.9 Å². The molecule has 2 saturated heterocycles. The Labute approximate surface area is 160 Å². The molecule has 1 amide bonds. The Kier molecular flexibility index (Phi) is 4.25. The molecule has 3 heterocycles. The number of aromatic nitrogens is 2. The van der Waals surface area contributed by atoms with Crippen LogP contribution in [-0.4, -0.2) is 45.0 Å². The average Bonchev–Trinajstić information content (AvgIpc) is 3.06. The lowest BCUT2D eigenvalue weighted by Gasteiger charge is -2.36. The third-order valence-corrected chi connectivity index (χ3v) is 7.14. The van der Waals surface area contributed by atoms with E-state index >= 15 is 0 Å². The molecule has 1 spiro atoms. The van der Waals surface area contributed by atoms with Crippen molar-refractivity contribution in [2.24, 2.45) is 11.8 Å². The molecule has 0 radical (unpaired) electrons. The number of nitrogens with zero attached hydrogens (tertiary/aromatic N) is 3. The molecule has 4 fully saturated rings. The fraction of sp³-hybridized carbons (Fsp3) is 0.762. The first-order chi connectivity index (χ1) is 13.1. The van der Waals surface area contributed by atoms with Crippen molar-refractivity contribution in [2.45, 2.75) is 75.9 Å². The molecule has 2 aliphatic heterocycles. The van der Waals surface area contributed by atoms with Crippen molar-refractivity contribution >= 4 is 11.9 Å². The van der Waals surface area contributed by atoms with Crippen molar-refractivity contribution in [2.75, 3.05) is 13.1 Å². The van der Waals surface area contributed by atoms with Gasteiger partial charge in [-0.3, -0.25) is 9.59 Å². The normalized spacial score (nSPS) is 28.1. The van der Waals surface area contributed by atoms with Crippen molar-refractivity contribution in [1.29, 1.82) is 0 Å². The van der Waals surface area contributed by atoms with Crippen LogP contribution in [0.1, 0.15) is 69.5 Å². The van der Waals surface area contributed by atoms with E-state index in [4.69, 9.17) is 4.74 Å². The van der Waals surface area contributed by atoms with Gasteiger partial charge in [-0.15, -0.1) is 0 Å². The third kappa shape index (κ3) is 3.17. The van der Waals surface area contributed by atoms with Crippen LogP contribution in [0.15, 0.2) is 12.4 Å². The topological polar surface area (TPSA) is 64.4 Å². The summed E-state index contributed by atoms with van der Waals surface area (Å²) in [5.74, 6) is 2.16. The maximum absolute atomic E-state index is 13.2. The van der Waals surface area contributed by atoms with Crippen LogP contribution in [0.3, 0.4) is 0 Å². The minimum Gasteiger partial charge on any atom is -0.458 e. The number of imidazole rings is 1. The van der Waals surface area contributed by atoms with Gasteiger partial charge in [0.2, 0.25) is 5.91 Å². The first kappa shape index (κ1) is 17.3. The van der Waals surface area contributed by atoms with Gasteiger partial charge in [0.05, 0.1) is 12.3 Å². The van der Waals surface area contributed by atoms with Crippen molar-refractivity contribution in [3.05, 3.63) is 18.2 Å². The summed E-state index contributed by atoms with van der Waals surface area (Å²) >= 11 is 0. The quantitative estimate of drug-likeness (QED) is 0.764. The highest BCUT2D eigenvalue weighted by Crippen LogP contribution is 2.46. The zero-order valence-corrected chi connectivity index (χ0v) is 15.9. The molecule has 2 aliphatic carbocycles. The predicted octanol–water partition coefficient (Wildman–Crippen LogP) is 2.88. The highest BCUT2D eigenvalue weighted by Gasteiger charge is 2.55. The molecule has 27 heavy (non-hydrogen) atoms. The van der Waals surface area contributed by atoms with Gasteiger partial charge in [-0.2, -0.15) is 0 Å². The summed E-state index contributed by atoms with van der Waals surface area (Å²) in [5.41, 5.74) is -0.495. The minimum absolute atomic E-state index is 0.141. The summed E-state index contributed by atoms with van der Waals surface area (Å²) in [5, 5.41) is 0. The molecule has 5 rings (SSSR count). The molecule has 0 bridgehead atoms. The third-order valence-electron chi connectivity index (χ3n) is 7.14. The number of likely N-dealkylation sites (tertiary alicyclic amines) is 1. The molecule has 0 unspecified atom stereocenters. The van der Waals surface area contributed by atoms with Crippen LogP contribution in [0.25, 0.3) is 0 Å². The van der Waals surface area contributed by atoms with Crippen LogP contribution < -0.4 is 0 Å². The molecule has 0 aromatic carbocycles. The van der Waals surface area contributed by atoms with Crippen LogP contribution in [0.2, 0.25) is 0 Å². The molecule has 6 heteroatoms. The number of rotatable bonds is 4. The van der Waals surface area contributed by atoms with Gasteiger partial charge in [0.15, 0.2) is 0 Å². The Morgan fingerprint density at radius 3 is 2.63 bits per heavy atom. The number of carbonyl (C=O) groups excluding carboxylic acids is 2. The Morgan fingerprint density at radius 1 is 1.19 bits per heavy atom. The van der Waals surface area contributed by atoms with Gasteiger partial charge >= 0.3 is 5.97 Å². The number of carbonyl (C=O) groups is 2. The largest absolute Gasteiger partial charge is 0.458 e. The number of hydrogen-bond donors (Lipinski definition) is 0. The fourth-order valence-corrected chi connectivity index (χ4v) is 5.42. The van der Waals surface area contributed by atoms with E-state index in [1.54, 1.807) is 0 Å². The fourth-order valence-electron chi connectivity index (χ4n) is 5.42. The van der Waals surface area contributed by atoms with Gasteiger partial charge in [-0.1, -0.05) is 0 Å². The number of hydrogen-bond acceptors (Lipinski definition) is 4. The lowest BCUT2D eigenvalue weighted by atomic mass is 9.84. The zero-order valence-electron chi connectivity index (χ0n) is 15.9. The highest BCUT2D eigenvalue weighted by atomic mass is 16.6. The molecule has 4 aliphatic rings. The Hall–Kier alpha value is -1.85. The summed E-state index contributed by atoms with van der Waals surface area (Å²) in [4.78, 5) is 31.7. The Bertz CT molecular complexity index is 725. The van der Waals surface area contributed by atoms with E-state index in [1.165, 1.54) is 18.7 Å². The summed E-state index contributed by atoms with van der Waals surface area (Å²) in [6.45, 7) is 2.62. The molecule has 1 aromatic heterocycles. The molecule has 146 valence electrons. The number of amides is 1. The van der Waals surface area contributed by atoms with Crippen molar-refractivity contribution in [1.82, 2.24) is 14.5 Å². The molecule has 1 aromatic rings. The average molecular weight is 371 g/mol. The van der Waals surface area contributed by atoms with Crippen LogP contribution in [0.5, 0.6) is 0 Å². The van der Waals surface area contributed by atoms with E-state index in [0.717, 1.165) is 64.1 Å². The molecular formula is C21H29N3O3. The Balaban J connectivity index is 1.23. The molecule has 2 saturated carbocycles. The summed E-state index contributed by atoms with van der Waals surface area (Å²) in [6, 6.07) is 0. The highest BCUT2D eigenvalue weighted by molar-refractivity contribution is 5.88. The second kappa shape index (κ2) is 6.64. The second-order valence-electron chi connectivity index (χ2n) is 8.98. The molecule has 1 atom stereocenters. The SMILES string of the molecule is O=C1C[C@H](C(=O)N2CCC(c3nccn3CC3CC3)CC2)C2(CCCC2)O1. The van der Waals surface area contributed by atoms with Crippen molar-refractivity contribution < 1.29 is 14.3 Å². The standard InChI is InChI=1S/C21H29N3O3/c25-18-13-17(21(27-18)7-1-2-8-21)20(26)23-10-5-16(6-11-23)19-22-9-12-24(19)14-15-3-4-15/h9,12,15-17H,1-8,10-11,13-14H2/t17-/m1/s1. The number of piperidine rings is 1. The van der Waals surface area contributed by atoms with Gasteiger partial charge in [-0.05, 0) is 57.3 Å². The van der Waals surface area contributed by atoms with Gasteiger partial charge in [0.25, 0.3) is 0 Å². The van der Waals surface area contributed by atoms with Crippen LogP contribution in [0.4, 0.5) is 0 Å². The van der Waals surface area contributed by atoms with E-state index < -0.39 is 5.60 Å². The number of esters is 1. The van der Waals surface area contributed by atoms with Crippen LogP contribution >= 0.6 is 0 Å². The first-order valence-corrected chi connectivity index (χ1v) is 10.7. The van der Waals surface area contributed by atoms with E-state index in [9.17, 15) is 9.59 Å². The monoisotopic (exact) mass is 371 g/mol. The van der Waals surface area contributed by atoms with E-state index in [-0.39, 0.29) is 24.2 Å². The Morgan fingerprint density at radius 2 is 1.93 bits per heavy atom. The minimum atomic E-state index is -0.495. The van der Waals surface area contributed by atoms with E-state index in [0.29, 0.717) is 5.92 Å². The second-order valence-corrected chi connectivity index (χ2v) is 8.98. The molecule has 6 nitrogen and oxygen atoms in total. The summed E-state index contributed by atoms with van der Waals surface area (Å²) in [7, 11) is 0.